The third kappa shape index (κ3) is 10.4. The highest BCUT2D eigenvalue weighted by atomic mass is 16.5. The fraction of sp³-hybridized carbons (Fsp3) is 0.667. The minimum atomic E-state index is -0.708. The van der Waals surface area contributed by atoms with Crippen LogP contribution in [0, 0.1) is 10.8 Å². The Kier molecular flexibility index (Phi) is 13.2. The van der Waals surface area contributed by atoms with E-state index < -0.39 is 11.5 Å². The fourth-order valence-corrected chi connectivity index (χ4v) is 4.05. The van der Waals surface area contributed by atoms with Crippen LogP contribution in [0.4, 0.5) is 0 Å². The molecule has 4 nitrogen and oxygen atoms in total. The molecule has 1 aromatic carbocycles. The minimum Gasteiger partial charge on any atom is -0.494 e. The molecule has 1 amide bonds. The second kappa shape index (κ2) is 15.0. The van der Waals surface area contributed by atoms with Gasteiger partial charge < -0.3 is 14.8 Å². The number of aldehydes is 1. The Morgan fingerprint density at radius 1 is 0.941 bits per heavy atom. The van der Waals surface area contributed by atoms with E-state index in [2.05, 4.69) is 12.2 Å². The van der Waals surface area contributed by atoms with Gasteiger partial charge in [0.2, 0.25) is 5.91 Å². The Balaban J connectivity index is 2.53. The van der Waals surface area contributed by atoms with Gasteiger partial charge in [-0.3, -0.25) is 4.79 Å². The van der Waals surface area contributed by atoms with E-state index in [1.54, 1.807) is 0 Å². The van der Waals surface area contributed by atoms with Crippen molar-refractivity contribution in [2.75, 3.05) is 6.61 Å². The summed E-state index contributed by atoms with van der Waals surface area (Å²) in [6.07, 6.45) is 13.6. The molecular weight excluding hydrogens is 422 g/mol. The number of rotatable bonds is 16. The summed E-state index contributed by atoms with van der Waals surface area (Å²) in [5, 5.41) is 2.97. The normalized spacial score (nSPS) is 14.1. The van der Waals surface area contributed by atoms with E-state index in [1.807, 2.05) is 71.9 Å². The number of carbonyl (C=O) groups is 2. The molecule has 192 valence electrons. The van der Waals surface area contributed by atoms with Gasteiger partial charge in [0, 0.05) is 0 Å². The molecule has 0 saturated carbocycles. The SMILES string of the molecule is CCCCCCCCCCOc1ccc(CC(C=O)NC(=O)C(C)(C=C(C)C)C(C)(C)C)cc1. The maximum absolute atomic E-state index is 13.2. The largest absolute Gasteiger partial charge is 0.494 e. The van der Waals surface area contributed by atoms with E-state index in [-0.39, 0.29) is 11.3 Å². The monoisotopic (exact) mass is 471 g/mol. The average molecular weight is 472 g/mol. The molecular formula is C30H49NO3. The van der Waals surface area contributed by atoms with Crippen molar-refractivity contribution in [2.24, 2.45) is 10.8 Å². The van der Waals surface area contributed by atoms with Crippen LogP contribution in [0.3, 0.4) is 0 Å². The second-order valence-corrected chi connectivity index (χ2v) is 11.1. The predicted octanol–water partition coefficient (Wildman–Crippen LogP) is 7.45. The Morgan fingerprint density at radius 3 is 2.00 bits per heavy atom. The smallest absolute Gasteiger partial charge is 0.230 e. The quantitative estimate of drug-likeness (QED) is 0.155. The van der Waals surface area contributed by atoms with Gasteiger partial charge in [-0.2, -0.15) is 0 Å². The molecule has 0 heterocycles. The maximum Gasteiger partial charge on any atom is 0.230 e. The summed E-state index contributed by atoms with van der Waals surface area (Å²) in [5.74, 6) is 0.728. The second-order valence-electron chi connectivity index (χ2n) is 11.1. The molecule has 0 bridgehead atoms. The molecule has 0 saturated heterocycles. The lowest BCUT2D eigenvalue weighted by atomic mass is 9.66. The molecule has 0 spiro atoms. The Labute approximate surface area is 208 Å². The van der Waals surface area contributed by atoms with Crippen molar-refractivity contribution < 1.29 is 14.3 Å². The highest BCUT2D eigenvalue weighted by Gasteiger charge is 2.42. The van der Waals surface area contributed by atoms with Crippen LogP contribution >= 0.6 is 0 Å². The van der Waals surface area contributed by atoms with E-state index in [0.29, 0.717) is 6.42 Å². The van der Waals surface area contributed by atoms with Gasteiger partial charge in [-0.1, -0.05) is 96.4 Å². The van der Waals surface area contributed by atoms with Gasteiger partial charge in [0.05, 0.1) is 18.1 Å². The highest BCUT2D eigenvalue weighted by molar-refractivity contribution is 5.87. The highest BCUT2D eigenvalue weighted by Crippen LogP contribution is 2.40. The lowest BCUT2D eigenvalue weighted by Gasteiger charge is -2.39. The molecule has 0 aliphatic heterocycles. The van der Waals surface area contributed by atoms with E-state index in [0.717, 1.165) is 36.2 Å². The molecule has 0 fully saturated rings. The van der Waals surface area contributed by atoms with Gasteiger partial charge >= 0.3 is 0 Å². The van der Waals surface area contributed by atoms with Crippen molar-refractivity contribution >= 4 is 12.2 Å². The van der Waals surface area contributed by atoms with E-state index >= 15 is 0 Å². The molecule has 1 aromatic rings. The molecule has 1 rings (SSSR count). The summed E-state index contributed by atoms with van der Waals surface area (Å²) in [6, 6.07) is 7.29. The third-order valence-electron chi connectivity index (χ3n) is 6.73. The van der Waals surface area contributed by atoms with Gasteiger partial charge in [-0.15, -0.1) is 0 Å². The molecule has 0 radical (unpaired) electrons. The van der Waals surface area contributed by atoms with E-state index in [1.165, 1.54) is 44.9 Å². The number of hydrogen-bond acceptors (Lipinski definition) is 3. The summed E-state index contributed by atoms with van der Waals surface area (Å²) >= 11 is 0. The van der Waals surface area contributed by atoms with Crippen LogP contribution in [0.5, 0.6) is 5.75 Å². The maximum atomic E-state index is 13.2. The summed E-state index contributed by atoms with van der Waals surface area (Å²) < 4.78 is 5.88. The number of carbonyl (C=O) groups excluding carboxylic acids is 2. The van der Waals surface area contributed by atoms with Gasteiger partial charge in [-0.05, 0) is 56.7 Å². The van der Waals surface area contributed by atoms with Crippen molar-refractivity contribution in [2.45, 2.75) is 112 Å². The summed E-state index contributed by atoms with van der Waals surface area (Å²) in [5.41, 5.74) is 1.09. The van der Waals surface area contributed by atoms with Gasteiger partial charge in [0.15, 0.2) is 0 Å². The van der Waals surface area contributed by atoms with E-state index in [9.17, 15) is 9.59 Å². The van der Waals surface area contributed by atoms with Crippen molar-refractivity contribution in [3.05, 3.63) is 41.5 Å². The van der Waals surface area contributed by atoms with Crippen molar-refractivity contribution in [3.8, 4) is 5.75 Å². The molecule has 0 aliphatic rings. The molecule has 0 aliphatic carbocycles. The van der Waals surface area contributed by atoms with Crippen LogP contribution in [-0.2, 0) is 16.0 Å². The standard InChI is InChI=1S/C30H49NO3/c1-8-9-10-11-12-13-14-15-20-34-27-18-16-25(17-19-27)21-26(23-32)31-28(33)30(7,22-24(2)3)29(4,5)6/h16-19,22-23,26H,8-15,20-21H2,1-7H3,(H,31,33). The van der Waals surface area contributed by atoms with Crippen molar-refractivity contribution in [1.29, 1.82) is 0 Å². The minimum absolute atomic E-state index is 0.122. The first kappa shape index (κ1) is 29.9. The number of unbranched alkanes of at least 4 members (excludes halogenated alkanes) is 7. The summed E-state index contributed by atoms with van der Waals surface area (Å²) in [7, 11) is 0. The van der Waals surface area contributed by atoms with Gasteiger partial charge in [0.1, 0.15) is 12.0 Å². The Bertz CT molecular complexity index is 756. The first-order valence-electron chi connectivity index (χ1n) is 13.2. The number of hydrogen-bond donors (Lipinski definition) is 1. The molecule has 1 N–H and O–H groups in total. The molecule has 0 aromatic heterocycles. The number of allylic oxidation sites excluding steroid dienone is 1. The average Bonchev–Trinajstić information content (AvgIpc) is 2.77. The number of amides is 1. The summed E-state index contributed by atoms with van der Waals surface area (Å²) in [4.78, 5) is 24.9. The Morgan fingerprint density at radius 2 is 1.50 bits per heavy atom. The zero-order valence-electron chi connectivity index (χ0n) is 22.8. The molecule has 2 unspecified atom stereocenters. The number of ether oxygens (including phenoxy) is 1. The van der Waals surface area contributed by atoms with Gasteiger partial charge in [-0.25, -0.2) is 0 Å². The van der Waals surface area contributed by atoms with E-state index in [4.69, 9.17) is 4.74 Å². The van der Waals surface area contributed by atoms with Gasteiger partial charge in [0.25, 0.3) is 0 Å². The first-order chi connectivity index (χ1) is 16.0. The summed E-state index contributed by atoms with van der Waals surface area (Å²) in [6.45, 7) is 15.1. The topological polar surface area (TPSA) is 55.4 Å². The lowest BCUT2D eigenvalue weighted by molar-refractivity contribution is -0.134. The fourth-order valence-electron chi connectivity index (χ4n) is 4.05. The van der Waals surface area contributed by atoms with Crippen molar-refractivity contribution in [3.63, 3.8) is 0 Å². The zero-order valence-corrected chi connectivity index (χ0v) is 22.8. The van der Waals surface area contributed by atoms with Crippen LogP contribution in [0.15, 0.2) is 35.9 Å². The number of benzene rings is 1. The molecule has 2 atom stereocenters. The van der Waals surface area contributed by atoms with Crippen LogP contribution < -0.4 is 10.1 Å². The van der Waals surface area contributed by atoms with Crippen LogP contribution in [0.25, 0.3) is 0 Å². The Hall–Kier alpha value is -2.10. The zero-order chi connectivity index (χ0) is 25.6. The molecule has 4 heteroatoms. The first-order valence-corrected chi connectivity index (χ1v) is 13.2. The number of nitrogens with one attached hydrogen (secondary N) is 1. The predicted molar refractivity (Wildman–Crippen MR) is 143 cm³/mol. The van der Waals surface area contributed by atoms with Crippen molar-refractivity contribution in [1.82, 2.24) is 5.32 Å². The molecule has 34 heavy (non-hydrogen) atoms. The van der Waals surface area contributed by atoms with Crippen LogP contribution in [0.2, 0.25) is 0 Å². The lowest BCUT2D eigenvalue weighted by Crippen LogP contribution is -2.50. The van der Waals surface area contributed by atoms with Crippen LogP contribution in [-0.4, -0.2) is 24.8 Å². The van der Waals surface area contributed by atoms with Crippen LogP contribution in [0.1, 0.15) is 105 Å². The third-order valence-corrected chi connectivity index (χ3v) is 6.73.